The Balaban J connectivity index is 1.70. The molecule has 0 bridgehead atoms. The summed E-state index contributed by atoms with van der Waals surface area (Å²) in [6.07, 6.45) is 1.12. The molecule has 0 saturated heterocycles. The highest BCUT2D eigenvalue weighted by molar-refractivity contribution is 7.93. The Kier molecular flexibility index (Phi) is 4.38. The highest BCUT2D eigenvalue weighted by atomic mass is 32.2. The van der Waals surface area contributed by atoms with E-state index in [0.717, 1.165) is 5.56 Å². The second-order valence-corrected chi connectivity index (χ2v) is 9.39. The lowest BCUT2D eigenvalue weighted by Gasteiger charge is -2.51. The van der Waals surface area contributed by atoms with E-state index in [-0.39, 0.29) is 19.4 Å². The van der Waals surface area contributed by atoms with E-state index in [4.69, 9.17) is 4.74 Å². The Hall–Kier alpha value is -2.87. The third-order valence-corrected chi connectivity index (χ3v) is 7.01. The molecule has 1 spiro atoms. The number of rotatable bonds is 3. The number of carboxylic acid groups (broad SMARTS) is 1. The summed E-state index contributed by atoms with van der Waals surface area (Å²) in [6.45, 7) is 0.0816. The van der Waals surface area contributed by atoms with Gasteiger partial charge in [0.1, 0.15) is 6.61 Å². The molecule has 1 N–H and O–H groups in total. The molecule has 1 aliphatic carbocycles. The van der Waals surface area contributed by atoms with Crippen LogP contribution in [0.15, 0.2) is 63.9 Å². The highest BCUT2D eigenvalue weighted by Crippen LogP contribution is 2.51. The second kappa shape index (κ2) is 6.63. The van der Waals surface area contributed by atoms with E-state index in [1.54, 1.807) is 24.3 Å². The number of fused-ring (bicyclic) bond motifs is 1. The topological polar surface area (TPSA) is 96.3 Å². The van der Waals surface area contributed by atoms with Crippen molar-refractivity contribution in [2.24, 2.45) is 10.3 Å². The fourth-order valence-electron chi connectivity index (χ4n) is 3.81. The van der Waals surface area contributed by atoms with Crippen LogP contribution in [-0.2, 0) is 25.9 Å². The minimum absolute atomic E-state index is 0.0816. The van der Waals surface area contributed by atoms with Crippen molar-refractivity contribution < 1.29 is 23.6 Å². The summed E-state index contributed by atoms with van der Waals surface area (Å²) in [5, 5.41) is 9.30. The number of carboxylic acids is 1. The summed E-state index contributed by atoms with van der Waals surface area (Å²) in [5.41, 5.74) is 0.146. The van der Waals surface area contributed by atoms with Gasteiger partial charge in [0.05, 0.1) is 26.2 Å². The quantitative estimate of drug-likeness (QED) is 0.851. The zero-order valence-corrected chi connectivity index (χ0v) is 16.1. The summed E-state index contributed by atoms with van der Waals surface area (Å²) >= 11 is 0. The lowest BCUT2D eigenvalue weighted by molar-refractivity contribution is -0.147. The first-order chi connectivity index (χ1) is 13.3. The van der Waals surface area contributed by atoms with Crippen molar-refractivity contribution >= 4 is 27.5 Å². The van der Waals surface area contributed by atoms with Gasteiger partial charge in [0.15, 0.2) is 5.66 Å². The molecule has 28 heavy (non-hydrogen) atoms. The van der Waals surface area contributed by atoms with E-state index in [9.17, 15) is 18.9 Å². The minimum atomic E-state index is -2.76. The molecule has 2 aliphatic rings. The summed E-state index contributed by atoms with van der Waals surface area (Å²) in [5.74, 6) is -1.58. The molecule has 8 heteroatoms. The van der Waals surface area contributed by atoms with Crippen LogP contribution in [0.4, 0.5) is 10.5 Å². The van der Waals surface area contributed by atoms with Gasteiger partial charge in [-0.15, -0.1) is 0 Å². The van der Waals surface area contributed by atoms with E-state index in [1.165, 1.54) is 11.2 Å². The van der Waals surface area contributed by atoms with E-state index in [2.05, 4.69) is 4.36 Å². The number of ether oxygens (including phenoxy) is 1. The van der Waals surface area contributed by atoms with Gasteiger partial charge in [0.2, 0.25) is 0 Å². The number of aliphatic carboxylic acids is 1. The van der Waals surface area contributed by atoms with Crippen LogP contribution in [0.3, 0.4) is 0 Å². The third kappa shape index (κ3) is 3.03. The second-order valence-electron chi connectivity index (χ2n) is 7.16. The Morgan fingerprint density at radius 3 is 2.50 bits per heavy atom. The maximum absolute atomic E-state index is 13.2. The Bertz CT molecular complexity index is 1050. The van der Waals surface area contributed by atoms with Crippen molar-refractivity contribution in [3.8, 4) is 0 Å². The van der Waals surface area contributed by atoms with Crippen LogP contribution in [0.1, 0.15) is 18.4 Å². The lowest BCUT2D eigenvalue weighted by atomic mass is 9.73. The molecular formula is C20H20N2O5S. The Labute approximate surface area is 163 Å². The van der Waals surface area contributed by atoms with Crippen LogP contribution in [0.5, 0.6) is 0 Å². The first-order valence-electron chi connectivity index (χ1n) is 8.88. The maximum Gasteiger partial charge on any atom is 0.416 e. The number of hydrogen-bond donors (Lipinski definition) is 1. The van der Waals surface area contributed by atoms with E-state index in [1.807, 2.05) is 30.3 Å². The molecule has 1 unspecified atom stereocenters. The summed E-state index contributed by atoms with van der Waals surface area (Å²) in [6, 6.07) is 16.1. The number of para-hydroxylation sites is 1. The van der Waals surface area contributed by atoms with E-state index >= 15 is 0 Å². The molecule has 7 nitrogen and oxygen atoms in total. The number of carbonyl (C=O) groups is 2. The predicted octanol–water partition coefficient (Wildman–Crippen LogP) is 3.49. The van der Waals surface area contributed by atoms with Crippen LogP contribution >= 0.6 is 0 Å². The normalized spacial score (nSPS) is 28.0. The van der Waals surface area contributed by atoms with Crippen molar-refractivity contribution in [3.63, 3.8) is 0 Å². The van der Waals surface area contributed by atoms with Crippen molar-refractivity contribution in [2.45, 2.75) is 30.0 Å². The van der Waals surface area contributed by atoms with Crippen molar-refractivity contribution in [3.05, 3.63) is 60.2 Å². The highest BCUT2D eigenvalue weighted by Gasteiger charge is 2.57. The SMILES string of the molecule is CS1(=O)=NC2(CC(C(=O)O)C2)N(C(=O)OCc2ccccc2)c2ccccc21. The molecule has 0 radical (unpaired) electrons. The smallest absolute Gasteiger partial charge is 0.416 e. The van der Waals surface area contributed by atoms with Crippen molar-refractivity contribution in [1.82, 2.24) is 0 Å². The fourth-order valence-corrected chi connectivity index (χ4v) is 5.67. The molecule has 1 aliphatic heterocycles. The molecule has 2 aromatic rings. The van der Waals surface area contributed by atoms with Crippen LogP contribution < -0.4 is 4.90 Å². The van der Waals surface area contributed by atoms with Gasteiger partial charge in [0.25, 0.3) is 0 Å². The van der Waals surface area contributed by atoms with Crippen molar-refractivity contribution in [1.29, 1.82) is 0 Å². The molecule has 146 valence electrons. The molecule has 0 aromatic heterocycles. The van der Waals surface area contributed by atoms with Crippen LogP contribution in [0.2, 0.25) is 0 Å². The van der Waals surface area contributed by atoms with E-state index < -0.39 is 33.4 Å². The Morgan fingerprint density at radius 1 is 1.18 bits per heavy atom. The molecular weight excluding hydrogens is 380 g/mol. The van der Waals surface area contributed by atoms with Crippen LogP contribution in [-0.4, -0.2) is 33.3 Å². The fraction of sp³-hybridized carbons (Fsp3) is 0.300. The van der Waals surface area contributed by atoms with Gasteiger partial charge in [-0.3, -0.25) is 9.69 Å². The minimum Gasteiger partial charge on any atom is -0.481 e. The number of nitrogens with zero attached hydrogens (tertiary/aromatic N) is 2. The van der Waals surface area contributed by atoms with Crippen LogP contribution in [0, 0.1) is 5.92 Å². The number of benzene rings is 2. The number of hydrogen-bond acceptors (Lipinski definition) is 5. The standard InChI is InChI=1S/C20H20N2O5S/c1-28(26)17-10-6-5-9-16(17)22(20(21-28)11-15(12-20)18(23)24)19(25)27-13-14-7-3-2-4-8-14/h2-10,15H,11-13H2,1H3,(H,23,24). The molecule has 1 atom stereocenters. The zero-order chi connectivity index (χ0) is 19.9. The Morgan fingerprint density at radius 2 is 1.82 bits per heavy atom. The third-order valence-electron chi connectivity index (χ3n) is 5.16. The average Bonchev–Trinajstić information content (AvgIpc) is 2.64. The molecule has 1 fully saturated rings. The molecule has 1 amide bonds. The maximum atomic E-state index is 13.2. The summed E-state index contributed by atoms with van der Waals surface area (Å²) < 4.78 is 23.1. The van der Waals surface area contributed by atoms with Gasteiger partial charge in [-0.05, 0) is 17.7 Å². The van der Waals surface area contributed by atoms with Crippen molar-refractivity contribution in [2.75, 3.05) is 11.2 Å². The molecule has 1 heterocycles. The monoisotopic (exact) mass is 400 g/mol. The number of anilines is 1. The van der Waals surface area contributed by atoms with Gasteiger partial charge in [0, 0.05) is 19.1 Å². The molecule has 1 saturated carbocycles. The van der Waals surface area contributed by atoms with Gasteiger partial charge in [-0.1, -0.05) is 42.5 Å². The lowest BCUT2D eigenvalue weighted by Crippen LogP contribution is -2.62. The van der Waals surface area contributed by atoms with E-state index in [0.29, 0.717) is 10.6 Å². The number of carbonyl (C=O) groups excluding carboxylic acids is 1. The number of amides is 1. The molecule has 4 rings (SSSR count). The zero-order valence-electron chi connectivity index (χ0n) is 15.3. The first-order valence-corrected chi connectivity index (χ1v) is 10.8. The summed E-state index contributed by atoms with van der Waals surface area (Å²) in [7, 11) is -2.76. The van der Waals surface area contributed by atoms with Gasteiger partial charge < -0.3 is 9.84 Å². The summed E-state index contributed by atoms with van der Waals surface area (Å²) in [4.78, 5) is 26.2. The first kappa shape index (κ1) is 18.5. The largest absolute Gasteiger partial charge is 0.481 e. The molecule has 2 aromatic carbocycles. The predicted molar refractivity (Wildman–Crippen MR) is 103 cm³/mol. The van der Waals surface area contributed by atoms with Gasteiger partial charge >= 0.3 is 12.1 Å². The average molecular weight is 400 g/mol. The van der Waals surface area contributed by atoms with Crippen LogP contribution in [0.25, 0.3) is 0 Å². The van der Waals surface area contributed by atoms with Gasteiger partial charge in [-0.25, -0.2) is 13.4 Å². The van der Waals surface area contributed by atoms with Gasteiger partial charge in [-0.2, -0.15) is 0 Å².